The average molecular weight is 190 g/mol. The third-order valence-corrected chi connectivity index (χ3v) is 1.64. The molecule has 6 nitrogen and oxygen atoms in total. The normalized spacial score (nSPS) is 14.6. The van der Waals surface area contributed by atoms with E-state index < -0.39 is 36.2 Å². The molecule has 0 saturated heterocycles. The van der Waals surface area contributed by atoms with Crippen LogP contribution in [0.5, 0.6) is 0 Å². The van der Waals surface area contributed by atoms with Gasteiger partial charge in [-0.15, -0.1) is 0 Å². The fraction of sp³-hybridized carbons (Fsp3) is 0.571. The lowest BCUT2D eigenvalue weighted by Crippen LogP contribution is -2.45. The Kier molecular flexibility index (Phi) is 3.55. The molecule has 0 bridgehead atoms. The summed E-state index contributed by atoms with van der Waals surface area (Å²) >= 11 is 0. The maximum absolute atomic E-state index is 10.7. The van der Waals surface area contributed by atoms with Crippen molar-refractivity contribution in [2.45, 2.75) is 25.4 Å². The molecular formula is C7H10O6. The number of carboxylic acids is 2. The first-order valence-electron chi connectivity index (χ1n) is 3.49. The number of rotatable bonds is 5. The van der Waals surface area contributed by atoms with Crippen molar-refractivity contribution in [3.63, 3.8) is 0 Å². The third kappa shape index (κ3) is 2.83. The van der Waals surface area contributed by atoms with Crippen molar-refractivity contribution in [2.24, 2.45) is 0 Å². The molecule has 0 aliphatic rings. The summed E-state index contributed by atoms with van der Waals surface area (Å²) in [6, 6.07) is 0. The number of ketones is 1. The first-order valence-corrected chi connectivity index (χ1v) is 3.49. The summed E-state index contributed by atoms with van der Waals surface area (Å²) in [6.07, 6.45) is -1.19. The van der Waals surface area contributed by atoms with Crippen molar-refractivity contribution in [1.29, 1.82) is 0 Å². The number of aliphatic carboxylic acids is 2. The summed E-state index contributed by atoms with van der Waals surface area (Å²) in [7, 11) is 0. The molecule has 3 N–H and O–H groups in total. The predicted molar refractivity (Wildman–Crippen MR) is 40.1 cm³/mol. The van der Waals surface area contributed by atoms with Gasteiger partial charge in [0.2, 0.25) is 5.60 Å². The molecule has 0 aromatic heterocycles. The Labute approximate surface area is 73.8 Å². The second-order valence-electron chi connectivity index (χ2n) is 2.62. The van der Waals surface area contributed by atoms with Crippen LogP contribution in [0.15, 0.2) is 0 Å². The number of hydrogen-bond donors (Lipinski definition) is 3. The highest BCUT2D eigenvalue weighted by Crippen LogP contribution is 2.14. The molecule has 1 unspecified atom stereocenters. The molecule has 0 aliphatic carbocycles. The zero-order chi connectivity index (χ0) is 10.6. The SMILES string of the molecule is CC(=O)C(O)(CCC(=O)O)C(=O)O. The first kappa shape index (κ1) is 11.6. The molecule has 0 heterocycles. The van der Waals surface area contributed by atoms with Gasteiger partial charge in [-0.25, -0.2) is 4.79 Å². The second kappa shape index (κ2) is 3.99. The van der Waals surface area contributed by atoms with Crippen molar-refractivity contribution in [2.75, 3.05) is 0 Å². The molecule has 0 aromatic carbocycles. The van der Waals surface area contributed by atoms with Gasteiger partial charge < -0.3 is 15.3 Å². The van der Waals surface area contributed by atoms with Gasteiger partial charge in [-0.1, -0.05) is 0 Å². The average Bonchev–Trinajstić information content (AvgIpc) is 1.99. The van der Waals surface area contributed by atoms with Gasteiger partial charge in [-0.2, -0.15) is 0 Å². The van der Waals surface area contributed by atoms with Crippen LogP contribution in [0.2, 0.25) is 0 Å². The minimum Gasteiger partial charge on any atom is -0.481 e. The highest BCUT2D eigenvalue weighted by Gasteiger charge is 2.41. The molecule has 0 fully saturated rings. The Balaban J connectivity index is 4.52. The summed E-state index contributed by atoms with van der Waals surface area (Å²) in [6.45, 7) is 0.899. The topological polar surface area (TPSA) is 112 Å². The van der Waals surface area contributed by atoms with Gasteiger partial charge in [0.25, 0.3) is 0 Å². The van der Waals surface area contributed by atoms with Crippen LogP contribution >= 0.6 is 0 Å². The zero-order valence-corrected chi connectivity index (χ0v) is 6.98. The summed E-state index contributed by atoms with van der Waals surface area (Å²) in [5.41, 5.74) is -2.57. The van der Waals surface area contributed by atoms with Gasteiger partial charge in [-0.05, 0) is 6.92 Å². The Morgan fingerprint density at radius 1 is 1.23 bits per heavy atom. The molecule has 0 saturated carbocycles. The summed E-state index contributed by atoms with van der Waals surface area (Å²) < 4.78 is 0. The van der Waals surface area contributed by atoms with E-state index in [4.69, 9.17) is 10.2 Å². The summed E-state index contributed by atoms with van der Waals surface area (Å²) in [4.78, 5) is 31.2. The van der Waals surface area contributed by atoms with Crippen LogP contribution in [0, 0.1) is 0 Å². The maximum Gasteiger partial charge on any atom is 0.343 e. The molecule has 13 heavy (non-hydrogen) atoms. The van der Waals surface area contributed by atoms with E-state index in [2.05, 4.69) is 0 Å². The lowest BCUT2D eigenvalue weighted by atomic mass is 9.94. The highest BCUT2D eigenvalue weighted by atomic mass is 16.4. The molecule has 0 aliphatic heterocycles. The van der Waals surface area contributed by atoms with Gasteiger partial charge in [-0.3, -0.25) is 9.59 Å². The third-order valence-electron chi connectivity index (χ3n) is 1.64. The number of Topliss-reactive ketones (excluding diaryl/α,β-unsaturated/α-hetero) is 1. The van der Waals surface area contributed by atoms with Crippen LogP contribution in [-0.4, -0.2) is 38.6 Å². The minimum absolute atomic E-state index is 0.567. The molecule has 0 spiro atoms. The fourth-order valence-electron chi connectivity index (χ4n) is 0.721. The van der Waals surface area contributed by atoms with Crippen LogP contribution in [0.3, 0.4) is 0 Å². The standard InChI is InChI=1S/C7H10O6/c1-4(8)7(13,6(11)12)3-2-5(9)10/h13H,2-3H2,1H3,(H,9,10)(H,11,12). The van der Waals surface area contributed by atoms with E-state index in [0.29, 0.717) is 0 Å². The van der Waals surface area contributed by atoms with E-state index in [0.717, 1.165) is 6.92 Å². The first-order chi connectivity index (χ1) is 5.80. The number of carboxylic acid groups (broad SMARTS) is 2. The predicted octanol–water partition coefficient (Wildman–Crippen LogP) is -0.744. The van der Waals surface area contributed by atoms with Gasteiger partial charge in [0, 0.05) is 12.8 Å². The molecule has 0 radical (unpaired) electrons. The van der Waals surface area contributed by atoms with Crippen LogP contribution < -0.4 is 0 Å². The second-order valence-corrected chi connectivity index (χ2v) is 2.62. The van der Waals surface area contributed by atoms with Crippen molar-refractivity contribution >= 4 is 17.7 Å². The molecular weight excluding hydrogens is 180 g/mol. The van der Waals surface area contributed by atoms with Crippen molar-refractivity contribution in [1.82, 2.24) is 0 Å². The van der Waals surface area contributed by atoms with Crippen molar-refractivity contribution in [3.05, 3.63) is 0 Å². The summed E-state index contributed by atoms with van der Waals surface area (Å²) in [5.74, 6) is -3.96. The number of aliphatic hydroxyl groups is 1. The van der Waals surface area contributed by atoms with E-state index in [1.165, 1.54) is 0 Å². The molecule has 6 heteroatoms. The zero-order valence-electron chi connectivity index (χ0n) is 6.98. The molecule has 1 atom stereocenters. The lowest BCUT2D eigenvalue weighted by Gasteiger charge is -2.18. The Morgan fingerprint density at radius 2 is 1.69 bits per heavy atom. The van der Waals surface area contributed by atoms with Gasteiger partial charge in [0.05, 0.1) is 0 Å². The van der Waals surface area contributed by atoms with Crippen LogP contribution in [0.25, 0.3) is 0 Å². The van der Waals surface area contributed by atoms with Gasteiger partial charge in [0.1, 0.15) is 0 Å². The van der Waals surface area contributed by atoms with Crippen LogP contribution in [0.4, 0.5) is 0 Å². The smallest absolute Gasteiger partial charge is 0.343 e. The molecule has 0 rings (SSSR count). The monoisotopic (exact) mass is 190 g/mol. The summed E-state index contributed by atoms with van der Waals surface area (Å²) in [5, 5.41) is 25.9. The van der Waals surface area contributed by atoms with Crippen molar-refractivity contribution < 1.29 is 29.7 Å². The minimum atomic E-state index is -2.57. The largest absolute Gasteiger partial charge is 0.481 e. The Morgan fingerprint density at radius 3 is 1.92 bits per heavy atom. The Bertz CT molecular complexity index is 229. The maximum atomic E-state index is 10.7. The fourth-order valence-corrected chi connectivity index (χ4v) is 0.721. The van der Waals surface area contributed by atoms with Gasteiger partial charge in [0.15, 0.2) is 5.78 Å². The number of hydrogen-bond acceptors (Lipinski definition) is 4. The molecule has 0 aromatic rings. The quantitative estimate of drug-likeness (QED) is 0.492. The van der Waals surface area contributed by atoms with E-state index in [-0.39, 0.29) is 0 Å². The lowest BCUT2D eigenvalue weighted by molar-refractivity contribution is -0.165. The van der Waals surface area contributed by atoms with Gasteiger partial charge >= 0.3 is 11.9 Å². The highest BCUT2D eigenvalue weighted by molar-refractivity contribution is 6.05. The van der Waals surface area contributed by atoms with E-state index in [1.54, 1.807) is 0 Å². The Hall–Kier alpha value is -1.43. The van der Waals surface area contributed by atoms with E-state index in [9.17, 15) is 19.5 Å². The van der Waals surface area contributed by atoms with E-state index >= 15 is 0 Å². The molecule has 74 valence electrons. The van der Waals surface area contributed by atoms with Crippen LogP contribution in [0.1, 0.15) is 19.8 Å². The van der Waals surface area contributed by atoms with E-state index in [1.807, 2.05) is 0 Å². The molecule has 0 amide bonds. The number of carbonyl (C=O) groups excluding carboxylic acids is 1. The number of carbonyl (C=O) groups is 3. The van der Waals surface area contributed by atoms with Crippen molar-refractivity contribution in [3.8, 4) is 0 Å². The van der Waals surface area contributed by atoms with Crippen LogP contribution in [-0.2, 0) is 14.4 Å².